The van der Waals surface area contributed by atoms with E-state index in [9.17, 15) is 13.2 Å². The predicted molar refractivity (Wildman–Crippen MR) is 87.7 cm³/mol. The van der Waals surface area contributed by atoms with Gasteiger partial charge in [0.1, 0.15) is 11.4 Å². The molecule has 3 rings (SSSR count). The lowest BCUT2D eigenvalue weighted by atomic mass is 10.3. The third-order valence-electron chi connectivity index (χ3n) is 3.11. The first kappa shape index (κ1) is 16.3. The molecule has 0 unspecified atom stereocenters. The molecular weight excluding hydrogens is 354 g/mol. The van der Waals surface area contributed by atoms with Crippen LogP contribution in [0.4, 0.5) is 4.79 Å². The summed E-state index contributed by atoms with van der Waals surface area (Å²) in [5, 5.41) is -0.562. The van der Waals surface area contributed by atoms with Crippen molar-refractivity contribution in [3.05, 3.63) is 59.4 Å². The van der Waals surface area contributed by atoms with E-state index in [-0.39, 0.29) is 15.9 Å². The molecule has 0 spiro atoms. The first-order valence-corrected chi connectivity index (χ1v) is 8.67. The monoisotopic (exact) mass is 365 g/mol. The van der Waals surface area contributed by atoms with Gasteiger partial charge in [0.25, 0.3) is 10.0 Å². The van der Waals surface area contributed by atoms with Crippen LogP contribution in [0.15, 0.2) is 53.7 Å². The molecule has 0 aliphatic rings. The third-order valence-corrected chi connectivity index (χ3v) is 4.82. The Kier molecular flexibility index (Phi) is 4.16. The zero-order valence-electron chi connectivity index (χ0n) is 12.4. The zero-order valence-corrected chi connectivity index (χ0v) is 14.0. The van der Waals surface area contributed by atoms with Gasteiger partial charge in [-0.25, -0.2) is 14.5 Å². The number of para-hydroxylation sites is 1. The molecule has 2 heterocycles. The van der Waals surface area contributed by atoms with Gasteiger partial charge < -0.3 is 4.74 Å². The van der Waals surface area contributed by atoms with Crippen molar-refractivity contribution in [3.63, 3.8) is 0 Å². The van der Waals surface area contributed by atoms with E-state index in [2.05, 4.69) is 4.98 Å². The number of nitrogens with zero attached hydrogens (tertiary/aromatic N) is 2. The number of benzene rings is 1. The van der Waals surface area contributed by atoms with Gasteiger partial charge in [-0.3, -0.25) is 4.40 Å². The number of sulfonamides is 1. The molecule has 0 aliphatic carbocycles. The van der Waals surface area contributed by atoms with Gasteiger partial charge in [0.05, 0.1) is 0 Å². The maximum atomic E-state index is 12.5. The molecule has 3 aromatic rings. The van der Waals surface area contributed by atoms with Crippen molar-refractivity contribution < 1.29 is 17.9 Å². The summed E-state index contributed by atoms with van der Waals surface area (Å²) in [6.45, 7) is 1.79. The molecule has 9 heteroatoms. The van der Waals surface area contributed by atoms with Crippen molar-refractivity contribution in [2.75, 3.05) is 0 Å². The second-order valence-corrected chi connectivity index (χ2v) is 6.91. The quantitative estimate of drug-likeness (QED) is 0.770. The minimum atomic E-state index is -4.27. The minimum absolute atomic E-state index is 0.213. The first-order valence-electron chi connectivity index (χ1n) is 6.81. The molecule has 0 bridgehead atoms. The predicted octanol–water partition coefficient (Wildman–Crippen LogP) is 2.77. The summed E-state index contributed by atoms with van der Waals surface area (Å²) in [6, 6.07) is 11.5. The van der Waals surface area contributed by atoms with Crippen molar-refractivity contribution in [2.45, 2.75) is 11.9 Å². The number of halogens is 1. The van der Waals surface area contributed by atoms with Crippen LogP contribution < -0.4 is 9.46 Å². The molecule has 24 heavy (non-hydrogen) atoms. The fourth-order valence-corrected chi connectivity index (χ4v) is 3.63. The normalized spacial score (nSPS) is 11.4. The molecule has 1 amide bonds. The molecule has 0 aliphatic heterocycles. The Balaban J connectivity index is 1.92. The molecule has 7 nitrogen and oxygen atoms in total. The number of pyridine rings is 1. The van der Waals surface area contributed by atoms with Gasteiger partial charge >= 0.3 is 6.09 Å². The van der Waals surface area contributed by atoms with Crippen molar-refractivity contribution >= 4 is 33.4 Å². The number of carbonyl (C=O) groups is 1. The number of aryl methyl sites for hydroxylation is 1. The summed E-state index contributed by atoms with van der Waals surface area (Å²) >= 11 is 5.94. The average Bonchev–Trinajstić information content (AvgIpc) is 2.83. The molecule has 1 aromatic carbocycles. The maximum absolute atomic E-state index is 12.5. The minimum Gasteiger partial charge on any atom is -0.410 e. The molecule has 1 N–H and O–H groups in total. The molecule has 0 atom stereocenters. The summed E-state index contributed by atoms with van der Waals surface area (Å²) in [5.74, 6) is 0.213. The summed E-state index contributed by atoms with van der Waals surface area (Å²) in [4.78, 5) is 15.8. The summed E-state index contributed by atoms with van der Waals surface area (Å²) < 4.78 is 33.0. The molecule has 0 radical (unpaired) electrons. The molecular formula is C15H12ClN3O4S. The van der Waals surface area contributed by atoms with Gasteiger partial charge in [0.15, 0.2) is 10.2 Å². The van der Waals surface area contributed by atoms with Gasteiger partial charge in [0, 0.05) is 6.20 Å². The average molecular weight is 366 g/mol. The highest BCUT2D eigenvalue weighted by molar-refractivity contribution is 7.90. The zero-order chi connectivity index (χ0) is 17.3. The summed E-state index contributed by atoms with van der Waals surface area (Å²) in [7, 11) is -4.27. The van der Waals surface area contributed by atoms with E-state index in [4.69, 9.17) is 16.3 Å². The highest BCUT2D eigenvalue weighted by Gasteiger charge is 2.27. The van der Waals surface area contributed by atoms with Crippen LogP contribution in [0.5, 0.6) is 5.75 Å². The maximum Gasteiger partial charge on any atom is 0.426 e. The highest BCUT2D eigenvalue weighted by atomic mass is 35.5. The Hall–Kier alpha value is -2.58. The van der Waals surface area contributed by atoms with Crippen molar-refractivity contribution in [3.8, 4) is 5.75 Å². The first-order chi connectivity index (χ1) is 11.4. The smallest absolute Gasteiger partial charge is 0.410 e. The van der Waals surface area contributed by atoms with Crippen LogP contribution in [0.3, 0.4) is 0 Å². The third kappa shape index (κ3) is 3.19. The lowest BCUT2D eigenvalue weighted by molar-refractivity contribution is 0.207. The molecule has 2 aromatic heterocycles. The van der Waals surface area contributed by atoms with Crippen LogP contribution in [0.2, 0.25) is 5.15 Å². The molecule has 124 valence electrons. The Morgan fingerprint density at radius 1 is 1.21 bits per heavy atom. The van der Waals surface area contributed by atoms with Crippen molar-refractivity contribution in [1.82, 2.24) is 14.1 Å². The number of fused-ring (bicyclic) bond motifs is 1. The van der Waals surface area contributed by atoms with Crippen LogP contribution in [0.25, 0.3) is 5.65 Å². The van der Waals surface area contributed by atoms with Crippen molar-refractivity contribution in [1.29, 1.82) is 0 Å². The SMILES string of the molecule is Cc1ccc2nc(Cl)c(S(=O)(=O)NC(=O)Oc3ccccc3)n2c1. The standard InChI is InChI=1S/C15H12ClN3O4S/c1-10-7-8-12-17-13(16)14(19(12)9-10)24(21,22)18-15(20)23-11-5-3-2-4-6-11/h2-9H,1H3,(H,18,20). The van der Waals surface area contributed by atoms with Crippen LogP contribution in [-0.2, 0) is 10.0 Å². The number of hydrogen-bond donors (Lipinski definition) is 1. The Morgan fingerprint density at radius 3 is 2.62 bits per heavy atom. The van der Waals surface area contributed by atoms with E-state index in [1.807, 2.05) is 4.72 Å². The van der Waals surface area contributed by atoms with Gasteiger partial charge in [-0.05, 0) is 30.7 Å². The van der Waals surface area contributed by atoms with E-state index < -0.39 is 16.1 Å². The van der Waals surface area contributed by atoms with E-state index in [1.54, 1.807) is 43.5 Å². The Morgan fingerprint density at radius 2 is 1.92 bits per heavy atom. The number of aromatic nitrogens is 2. The van der Waals surface area contributed by atoms with E-state index in [1.165, 1.54) is 16.5 Å². The number of hydrogen-bond acceptors (Lipinski definition) is 5. The largest absolute Gasteiger partial charge is 0.426 e. The van der Waals surface area contributed by atoms with Crippen LogP contribution in [0.1, 0.15) is 5.56 Å². The number of amides is 1. The molecule has 0 saturated carbocycles. The number of imidazole rings is 1. The summed E-state index contributed by atoms with van der Waals surface area (Å²) in [5.41, 5.74) is 1.15. The van der Waals surface area contributed by atoms with E-state index >= 15 is 0 Å². The summed E-state index contributed by atoms with van der Waals surface area (Å²) in [6.07, 6.45) is 0.422. The second kappa shape index (κ2) is 6.14. The van der Waals surface area contributed by atoms with Gasteiger partial charge in [0.2, 0.25) is 0 Å². The second-order valence-electron chi connectivity index (χ2n) is 4.95. The lowest BCUT2D eigenvalue weighted by Crippen LogP contribution is -2.33. The molecule has 0 saturated heterocycles. The van der Waals surface area contributed by atoms with E-state index in [0.717, 1.165) is 5.56 Å². The number of carbonyl (C=O) groups excluding carboxylic acids is 1. The van der Waals surface area contributed by atoms with Crippen LogP contribution in [-0.4, -0.2) is 23.9 Å². The van der Waals surface area contributed by atoms with Crippen LogP contribution >= 0.6 is 11.6 Å². The lowest BCUT2D eigenvalue weighted by Gasteiger charge is -2.08. The number of ether oxygens (including phenoxy) is 1. The van der Waals surface area contributed by atoms with Gasteiger partial charge in [-0.2, -0.15) is 8.42 Å². The fraction of sp³-hybridized carbons (Fsp3) is 0.0667. The Labute approximate surface area is 142 Å². The fourth-order valence-electron chi connectivity index (χ4n) is 2.12. The van der Waals surface area contributed by atoms with E-state index in [0.29, 0.717) is 5.65 Å². The van der Waals surface area contributed by atoms with Crippen molar-refractivity contribution in [2.24, 2.45) is 0 Å². The Bertz CT molecular complexity index is 1020. The molecule has 0 fully saturated rings. The number of rotatable bonds is 3. The number of nitrogens with one attached hydrogen (secondary N) is 1. The topological polar surface area (TPSA) is 89.8 Å². The van der Waals surface area contributed by atoms with Gasteiger partial charge in [-0.1, -0.05) is 35.9 Å². The highest BCUT2D eigenvalue weighted by Crippen LogP contribution is 2.23. The van der Waals surface area contributed by atoms with Gasteiger partial charge in [-0.15, -0.1) is 0 Å². The van der Waals surface area contributed by atoms with Crippen LogP contribution in [0, 0.1) is 6.92 Å².